The number of halogens is 1. The average molecular weight is 291 g/mol. The minimum Gasteiger partial charge on any atom is -0.494 e. The molecule has 0 radical (unpaired) electrons. The van der Waals surface area contributed by atoms with Gasteiger partial charge in [0.15, 0.2) is 11.6 Å². The van der Waals surface area contributed by atoms with Crippen LogP contribution in [0.15, 0.2) is 17.0 Å². The number of ether oxygens (including phenoxy) is 1. The maximum Gasteiger partial charge on any atom is 0.321 e. The van der Waals surface area contributed by atoms with Gasteiger partial charge in [-0.15, -0.1) is 0 Å². The van der Waals surface area contributed by atoms with Crippen LogP contribution in [0.1, 0.15) is 12.5 Å². The van der Waals surface area contributed by atoms with E-state index in [1.165, 1.54) is 27.0 Å². The van der Waals surface area contributed by atoms with Crippen LogP contribution in [0.3, 0.4) is 0 Å². The second-order valence-corrected chi connectivity index (χ2v) is 5.57. The van der Waals surface area contributed by atoms with Crippen LogP contribution in [-0.4, -0.2) is 32.6 Å². The van der Waals surface area contributed by atoms with Crippen LogP contribution in [0, 0.1) is 12.7 Å². The first kappa shape index (κ1) is 15.4. The quantitative estimate of drug-likeness (QED) is 0.840. The van der Waals surface area contributed by atoms with Gasteiger partial charge < -0.3 is 9.84 Å². The molecule has 6 nitrogen and oxygen atoms in total. The maximum atomic E-state index is 13.8. The van der Waals surface area contributed by atoms with E-state index in [-0.39, 0.29) is 16.2 Å². The van der Waals surface area contributed by atoms with Crippen molar-refractivity contribution < 1.29 is 27.4 Å². The van der Waals surface area contributed by atoms with E-state index in [0.29, 0.717) is 0 Å². The normalized spacial score (nSPS) is 13.1. The zero-order valence-electron chi connectivity index (χ0n) is 10.6. The van der Waals surface area contributed by atoms with Crippen LogP contribution >= 0.6 is 0 Å². The molecule has 0 spiro atoms. The summed E-state index contributed by atoms with van der Waals surface area (Å²) in [5.74, 6) is -2.20. The number of sulfonamides is 1. The number of carboxylic acids is 1. The van der Waals surface area contributed by atoms with Crippen LogP contribution in [0.2, 0.25) is 0 Å². The van der Waals surface area contributed by atoms with Gasteiger partial charge in [0.25, 0.3) is 0 Å². The Hall–Kier alpha value is -1.67. The average Bonchev–Trinajstić information content (AvgIpc) is 2.31. The number of hydrogen-bond acceptors (Lipinski definition) is 4. The number of rotatable bonds is 5. The second kappa shape index (κ2) is 5.54. The molecule has 0 heterocycles. The SMILES string of the molecule is COc1ccc(S(=O)(=O)N[C@H](C)C(=O)O)c(C)c1F. The van der Waals surface area contributed by atoms with Crippen molar-refractivity contribution in [3.8, 4) is 5.75 Å². The third-order valence-electron chi connectivity index (χ3n) is 2.51. The van der Waals surface area contributed by atoms with Gasteiger partial charge in [-0.05, 0) is 26.0 Å². The third kappa shape index (κ3) is 3.21. The Kier molecular flexibility index (Phi) is 4.48. The van der Waals surface area contributed by atoms with E-state index in [0.717, 1.165) is 6.07 Å². The minimum atomic E-state index is -4.11. The highest BCUT2D eigenvalue weighted by Gasteiger charge is 2.25. The van der Waals surface area contributed by atoms with E-state index >= 15 is 0 Å². The number of hydrogen-bond donors (Lipinski definition) is 2. The first-order valence-electron chi connectivity index (χ1n) is 5.29. The van der Waals surface area contributed by atoms with Crippen molar-refractivity contribution in [2.45, 2.75) is 24.8 Å². The van der Waals surface area contributed by atoms with Crippen molar-refractivity contribution in [2.75, 3.05) is 7.11 Å². The molecule has 8 heteroatoms. The second-order valence-electron chi connectivity index (χ2n) is 3.89. The predicted octanol–water partition coefficient (Wildman–Crippen LogP) is 0.894. The van der Waals surface area contributed by atoms with Gasteiger partial charge in [-0.25, -0.2) is 12.8 Å². The summed E-state index contributed by atoms with van der Waals surface area (Å²) in [4.78, 5) is 10.3. The molecule has 2 N–H and O–H groups in total. The molecule has 19 heavy (non-hydrogen) atoms. The summed E-state index contributed by atoms with van der Waals surface area (Å²) in [6.45, 7) is 2.45. The Labute approximate surface area is 110 Å². The number of carbonyl (C=O) groups is 1. The molecule has 0 aliphatic rings. The Bertz CT molecular complexity index is 599. The van der Waals surface area contributed by atoms with Gasteiger partial charge in [0.1, 0.15) is 6.04 Å². The molecule has 1 atom stereocenters. The van der Waals surface area contributed by atoms with E-state index in [2.05, 4.69) is 0 Å². The lowest BCUT2D eigenvalue weighted by molar-refractivity contribution is -0.138. The number of aliphatic carboxylic acids is 1. The Balaban J connectivity index is 3.23. The van der Waals surface area contributed by atoms with E-state index in [4.69, 9.17) is 9.84 Å². The molecular weight excluding hydrogens is 277 g/mol. The Morgan fingerprint density at radius 2 is 2.05 bits per heavy atom. The molecule has 0 saturated carbocycles. The fraction of sp³-hybridized carbons (Fsp3) is 0.364. The van der Waals surface area contributed by atoms with Crippen molar-refractivity contribution in [3.63, 3.8) is 0 Å². The molecule has 0 aromatic heterocycles. The molecule has 0 unspecified atom stereocenters. The molecule has 0 fully saturated rings. The number of nitrogens with one attached hydrogen (secondary N) is 1. The van der Waals surface area contributed by atoms with Crippen molar-refractivity contribution in [1.82, 2.24) is 4.72 Å². The van der Waals surface area contributed by atoms with Gasteiger partial charge in [-0.3, -0.25) is 4.79 Å². The van der Waals surface area contributed by atoms with Crippen LogP contribution in [0.4, 0.5) is 4.39 Å². The standard InChI is InChI=1S/C11H14FNO5S/c1-6-9(5-4-8(18-3)10(6)12)19(16,17)13-7(2)11(14)15/h4-5,7,13H,1-3H3,(H,14,15)/t7-/m1/s1. The molecule has 0 saturated heterocycles. The monoisotopic (exact) mass is 291 g/mol. The van der Waals surface area contributed by atoms with Crippen LogP contribution in [0.25, 0.3) is 0 Å². The number of carboxylic acid groups (broad SMARTS) is 1. The summed E-state index contributed by atoms with van der Waals surface area (Å²) in [6, 6.07) is 1.02. The topological polar surface area (TPSA) is 92.7 Å². The summed E-state index contributed by atoms with van der Waals surface area (Å²) >= 11 is 0. The highest BCUT2D eigenvalue weighted by Crippen LogP contribution is 2.25. The van der Waals surface area contributed by atoms with Crippen molar-refractivity contribution in [2.24, 2.45) is 0 Å². The number of methoxy groups -OCH3 is 1. The van der Waals surface area contributed by atoms with Gasteiger partial charge >= 0.3 is 5.97 Å². The first-order chi connectivity index (χ1) is 8.70. The largest absolute Gasteiger partial charge is 0.494 e. The molecule has 1 aromatic rings. The molecule has 106 valence electrons. The van der Waals surface area contributed by atoms with Crippen LogP contribution in [0.5, 0.6) is 5.75 Å². The van der Waals surface area contributed by atoms with Gasteiger partial charge in [-0.2, -0.15) is 4.72 Å². The summed E-state index contributed by atoms with van der Waals surface area (Å²) in [7, 11) is -2.85. The highest BCUT2D eigenvalue weighted by atomic mass is 32.2. The van der Waals surface area contributed by atoms with E-state index in [1.54, 1.807) is 0 Å². The van der Waals surface area contributed by atoms with Crippen molar-refractivity contribution in [3.05, 3.63) is 23.5 Å². The fourth-order valence-electron chi connectivity index (χ4n) is 1.44. The molecule has 0 bridgehead atoms. The van der Waals surface area contributed by atoms with Crippen LogP contribution < -0.4 is 9.46 Å². The minimum absolute atomic E-state index is 0.0808. The lowest BCUT2D eigenvalue weighted by atomic mass is 10.2. The molecular formula is C11H14FNO5S. The van der Waals surface area contributed by atoms with E-state index in [1.807, 2.05) is 4.72 Å². The molecule has 1 rings (SSSR count). The first-order valence-corrected chi connectivity index (χ1v) is 6.77. The molecule has 0 aliphatic heterocycles. The summed E-state index contributed by atoms with van der Waals surface area (Å²) < 4.78 is 44.3. The Morgan fingerprint density at radius 3 is 2.53 bits per heavy atom. The molecule has 0 aliphatic carbocycles. The summed E-state index contributed by atoms with van der Waals surface area (Å²) in [5, 5.41) is 8.68. The summed E-state index contributed by atoms with van der Waals surface area (Å²) in [5.41, 5.74) is -0.135. The van der Waals surface area contributed by atoms with Gasteiger partial charge in [0.05, 0.1) is 12.0 Å². The zero-order valence-corrected chi connectivity index (χ0v) is 11.4. The van der Waals surface area contributed by atoms with Gasteiger partial charge in [0.2, 0.25) is 10.0 Å². The molecule has 0 amide bonds. The van der Waals surface area contributed by atoms with Gasteiger partial charge in [-0.1, -0.05) is 0 Å². The van der Waals surface area contributed by atoms with E-state index < -0.39 is 27.9 Å². The lowest BCUT2D eigenvalue weighted by Gasteiger charge is -2.13. The number of benzene rings is 1. The predicted molar refractivity (Wildman–Crippen MR) is 65.1 cm³/mol. The zero-order chi connectivity index (χ0) is 14.8. The summed E-state index contributed by atoms with van der Waals surface area (Å²) in [6.07, 6.45) is 0. The smallest absolute Gasteiger partial charge is 0.321 e. The van der Waals surface area contributed by atoms with Crippen molar-refractivity contribution >= 4 is 16.0 Å². The fourth-order valence-corrected chi connectivity index (χ4v) is 2.87. The highest BCUT2D eigenvalue weighted by molar-refractivity contribution is 7.89. The Morgan fingerprint density at radius 1 is 1.47 bits per heavy atom. The van der Waals surface area contributed by atoms with Crippen LogP contribution in [-0.2, 0) is 14.8 Å². The lowest BCUT2D eigenvalue weighted by Crippen LogP contribution is -2.38. The third-order valence-corrected chi connectivity index (χ3v) is 4.20. The van der Waals surface area contributed by atoms with E-state index in [9.17, 15) is 17.6 Å². The van der Waals surface area contributed by atoms with Crippen molar-refractivity contribution in [1.29, 1.82) is 0 Å². The van der Waals surface area contributed by atoms with Gasteiger partial charge in [0, 0.05) is 5.56 Å². The molecule has 1 aromatic carbocycles. The maximum absolute atomic E-state index is 13.8.